The third-order valence-electron chi connectivity index (χ3n) is 3.40. The van der Waals surface area contributed by atoms with E-state index in [1.165, 1.54) is 0 Å². The summed E-state index contributed by atoms with van der Waals surface area (Å²) in [6.45, 7) is 4.38. The quantitative estimate of drug-likeness (QED) is 0.785. The highest BCUT2D eigenvalue weighted by Gasteiger charge is 2.13. The third-order valence-corrected chi connectivity index (χ3v) is 3.40. The summed E-state index contributed by atoms with van der Waals surface area (Å²) in [5, 5.41) is 9.78. The van der Waals surface area contributed by atoms with E-state index in [2.05, 4.69) is 22.4 Å². The normalized spacial score (nSPS) is 11.8. The van der Waals surface area contributed by atoms with Crippen LogP contribution in [0.2, 0.25) is 0 Å². The Labute approximate surface area is 136 Å². The lowest BCUT2D eigenvalue weighted by Crippen LogP contribution is -2.32. The monoisotopic (exact) mass is 317 g/mol. The number of hydrogen-bond donors (Lipinski definition) is 2. The topological polar surface area (TPSA) is 76.2 Å². The van der Waals surface area contributed by atoms with Crippen LogP contribution in [-0.4, -0.2) is 29.3 Å². The van der Waals surface area contributed by atoms with Crippen LogP contribution in [0, 0.1) is 0 Å². The number of rotatable bonds is 8. The maximum absolute atomic E-state index is 12.1. The van der Waals surface area contributed by atoms with E-state index >= 15 is 0 Å². The molecular formula is C17H23N3O3. The van der Waals surface area contributed by atoms with E-state index in [1.807, 2.05) is 25.1 Å². The Morgan fingerprint density at radius 3 is 2.87 bits per heavy atom. The average Bonchev–Trinajstić information content (AvgIpc) is 3.02. The Morgan fingerprint density at radius 2 is 2.13 bits per heavy atom. The van der Waals surface area contributed by atoms with Gasteiger partial charge in [0.05, 0.1) is 12.8 Å². The maximum atomic E-state index is 12.1. The predicted octanol–water partition coefficient (Wildman–Crippen LogP) is 2.92. The lowest BCUT2D eigenvalue weighted by Gasteiger charge is -2.10. The first-order valence-corrected chi connectivity index (χ1v) is 7.74. The molecule has 1 aromatic carbocycles. The number of carbonyl (C=O) groups is 1. The van der Waals surface area contributed by atoms with E-state index in [-0.39, 0.29) is 11.9 Å². The fourth-order valence-electron chi connectivity index (χ4n) is 2.21. The minimum absolute atomic E-state index is 0.140. The molecule has 2 N–H and O–H groups in total. The number of nitrogens with one attached hydrogen (secondary N) is 2. The van der Waals surface area contributed by atoms with E-state index in [0.29, 0.717) is 18.1 Å². The van der Waals surface area contributed by atoms with Crippen molar-refractivity contribution in [2.24, 2.45) is 0 Å². The molecule has 0 aliphatic rings. The summed E-state index contributed by atoms with van der Waals surface area (Å²) >= 11 is 0. The molecule has 1 atom stereocenters. The van der Waals surface area contributed by atoms with Gasteiger partial charge < -0.3 is 14.8 Å². The van der Waals surface area contributed by atoms with Crippen molar-refractivity contribution >= 4 is 5.91 Å². The Balaban J connectivity index is 1.90. The second-order valence-electron chi connectivity index (χ2n) is 5.41. The summed E-state index contributed by atoms with van der Waals surface area (Å²) in [4.78, 5) is 12.1. The average molecular weight is 317 g/mol. The fraction of sp³-hybridized carbons (Fsp3) is 0.412. The Kier molecular flexibility index (Phi) is 6.02. The van der Waals surface area contributed by atoms with Gasteiger partial charge >= 0.3 is 0 Å². The molecule has 1 amide bonds. The number of aromatic amines is 1. The molecule has 6 heteroatoms. The van der Waals surface area contributed by atoms with Crippen LogP contribution in [-0.2, 0) is 6.61 Å². The lowest BCUT2D eigenvalue weighted by molar-refractivity contribution is 0.0933. The van der Waals surface area contributed by atoms with Crippen molar-refractivity contribution in [1.29, 1.82) is 0 Å². The number of benzene rings is 1. The van der Waals surface area contributed by atoms with E-state index in [0.717, 1.165) is 24.3 Å². The van der Waals surface area contributed by atoms with Gasteiger partial charge in [0.15, 0.2) is 0 Å². The van der Waals surface area contributed by atoms with Crippen LogP contribution in [0.1, 0.15) is 42.9 Å². The van der Waals surface area contributed by atoms with Crippen molar-refractivity contribution in [3.63, 3.8) is 0 Å². The summed E-state index contributed by atoms with van der Waals surface area (Å²) in [5.41, 5.74) is 1.11. The summed E-state index contributed by atoms with van der Waals surface area (Å²) in [7, 11) is 1.61. The molecule has 0 saturated heterocycles. The zero-order chi connectivity index (χ0) is 16.7. The molecule has 2 aromatic rings. The maximum Gasteiger partial charge on any atom is 0.271 e. The third kappa shape index (κ3) is 5.02. The fourth-order valence-corrected chi connectivity index (χ4v) is 2.21. The highest BCUT2D eigenvalue weighted by molar-refractivity contribution is 5.92. The summed E-state index contributed by atoms with van der Waals surface area (Å²) in [6.07, 6.45) is 1.98. The summed E-state index contributed by atoms with van der Waals surface area (Å²) in [6, 6.07) is 9.20. The molecular weight excluding hydrogens is 294 g/mol. The molecule has 0 aliphatic carbocycles. The van der Waals surface area contributed by atoms with Gasteiger partial charge in [0.1, 0.15) is 23.8 Å². The molecule has 0 radical (unpaired) electrons. The first-order valence-electron chi connectivity index (χ1n) is 7.74. The van der Waals surface area contributed by atoms with Gasteiger partial charge in [0.2, 0.25) is 0 Å². The Bertz CT molecular complexity index is 640. The molecule has 0 spiro atoms. The van der Waals surface area contributed by atoms with Crippen LogP contribution in [0.15, 0.2) is 30.3 Å². The van der Waals surface area contributed by atoms with E-state index < -0.39 is 0 Å². The molecule has 0 bridgehead atoms. The molecule has 0 aliphatic heterocycles. The van der Waals surface area contributed by atoms with Crippen LogP contribution in [0.3, 0.4) is 0 Å². The molecule has 6 nitrogen and oxygen atoms in total. The van der Waals surface area contributed by atoms with Crippen molar-refractivity contribution in [1.82, 2.24) is 15.5 Å². The number of H-pyrrole nitrogens is 1. The second-order valence-corrected chi connectivity index (χ2v) is 5.41. The first-order chi connectivity index (χ1) is 11.1. The second kappa shape index (κ2) is 8.22. The van der Waals surface area contributed by atoms with Gasteiger partial charge in [-0.1, -0.05) is 19.4 Å². The first kappa shape index (κ1) is 16.9. The van der Waals surface area contributed by atoms with Crippen LogP contribution >= 0.6 is 0 Å². The largest absolute Gasteiger partial charge is 0.497 e. The standard InChI is InChI=1S/C17H23N3O3/c1-4-6-12(2)18-17(21)16-9-13(19-20-16)11-23-15-8-5-7-14(10-15)22-3/h5,7-10,12H,4,6,11H2,1-3H3,(H,18,21)(H,19,20). The zero-order valence-electron chi connectivity index (χ0n) is 13.8. The number of aromatic nitrogens is 2. The van der Waals surface area contributed by atoms with Crippen molar-refractivity contribution in [3.8, 4) is 11.5 Å². The molecule has 1 heterocycles. The van der Waals surface area contributed by atoms with E-state index in [4.69, 9.17) is 9.47 Å². The summed E-state index contributed by atoms with van der Waals surface area (Å²) < 4.78 is 10.8. The number of carbonyl (C=O) groups excluding carboxylic acids is 1. The lowest BCUT2D eigenvalue weighted by atomic mass is 10.2. The van der Waals surface area contributed by atoms with Crippen LogP contribution in [0.4, 0.5) is 0 Å². The van der Waals surface area contributed by atoms with Gasteiger partial charge in [0.25, 0.3) is 5.91 Å². The molecule has 0 saturated carbocycles. The van der Waals surface area contributed by atoms with Gasteiger partial charge in [-0.05, 0) is 31.5 Å². The highest BCUT2D eigenvalue weighted by Crippen LogP contribution is 2.19. The van der Waals surface area contributed by atoms with Gasteiger partial charge in [-0.25, -0.2) is 0 Å². The Morgan fingerprint density at radius 1 is 1.35 bits per heavy atom. The highest BCUT2D eigenvalue weighted by atomic mass is 16.5. The molecule has 0 fully saturated rings. The number of amides is 1. The van der Waals surface area contributed by atoms with Crippen molar-refractivity contribution < 1.29 is 14.3 Å². The van der Waals surface area contributed by atoms with Crippen LogP contribution in [0.5, 0.6) is 11.5 Å². The number of nitrogens with zero attached hydrogens (tertiary/aromatic N) is 1. The number of ether oxygens (including phenoxy) is 2. The van der Waals surface area contributed by atoms with Crippen molar-refractivity contribution in [2.45, 2.75) is 39.3 Å². The molecule has 2 rings (SSSR count). The summed E-state index contributed by atoms with van der Waals surface area (Å²) in [5.74, 6) is 1.26. The van der Waals surface area contributed by atoms with Gasteiger partial charge in [-0.2, -0.15) is 5.10 Å². The SMILES string of the molecule is CCCC(C)NC(=O)c1cc(COc2cccc(OC)c2)[nH]n1. The van der Waals surface area contributed by atoms with Gasteiger partial charge in [-0.15, -0.1) is 0 Å². The van der Waals surface area contributed by atoms with E-state index in [9.17, 15) is 4.79 Å². The molecule has 1 unspecified atom stereocenters. The van der Waals surface area contributed by atoms with Gasteiger partial charge in [0, 0.05) is 12.1 Å². The Hall–Kier alpha value is -2.50. The van der Waals surface area contributed by atoms with Crippen LogP contribution in [0.25, 0.3) is 0 Å². The number of methoxy groups -OCH3 is 1. The molecule has 1 aromatic heterocycles. The smallest absolute Gasteiger partial charge is 0.271 e. The van der Waals surface area contributed by atoms with E-state index in [1.54, 1.807) is 19.2 Å². The zero-order valence-corrected chi connectivity index (χ0v) is 13.8. The predicted molar refractivity (Wildman–Crippen MR) is 87.7 cm³/mol. The van der Waals surface area contributed by atoms with Gasteiger partial charge in [-0.3, -0.25) is 9.89 Å². The number of hydrogen-bond acceptors (Lipinski definition) is 4. The van der Waals surface area contributed by atoms with Crippen molar-refractivity contribution in [3.05, 3.63) is 41.7 Å². The minimum Gasteiger partial charge on any atom is -0.497 e. The van der Waals surface area contributed by atoms with Crippen LogP contribution < -0.4 is 14.8 Å². The molecule has 23 heavy (non-hydrogen) atoms. The molecule has 124 valence electrons. The van der Waals surface area contributed by atoms with Crippen molar-refractivity contribution in [2.75, 3.05) is 7.11 Å². The minimum atomic E-state index is -0.171.